The van der Waals surface area contributed by atoms with Crippen LogP contribution in [0.15, 0.2) is 18.2 Å². The van der Waals surface area contributed by atoms with Crippen LogP contribution in [0.2, 0.25) is 0 Å². The maximum absolute atomic E-state index is 12.4. The number of carbonyl (C=O) groups is 1. The number of aliphatic hydroxyl groups excluding tert-OH is 1. The maximum atomic E-state index is 12.4. The lowest BCUT2D eigenvalue weighted by Gasteiger charge is -2.36. The zero-order chi connectivity index (χ0) is 18.4. The van der Waals surface area contributed by atoms with Crippen LogP contribution in [0.25, 0.3) is 0 Å². The second-order valence-corrected chi connectivity index (χ2v) is 6.68. The third kappa shape index (κ3) is 5.67. The van der Waals surface area contributed by atoms with E-state index in [0.29, 0.717) is 12.8 Å². The summed E-state index contributed by atoms with van der Waals surface area (Å²) in [7, 11) is 0. The molecule has 1 saturated heterocycles. The molecule has 1 aromatic carbocycles. The standard InChI is InChI=1S/C15H17F4NO4S/c16-13(17)23-10-5-9(6-11(7-10)24-14(18)19)12(22)20-15(8-21)1-3-25-4-2-15/h5-7,13-14,21H,1-4,8H2,(H,20,22). The van der Waals surface area contributed by atoms with E-state index in [9.17, 15) is 27.5 Å². The predicted octanol–water partition coefficient (Wildman–Crippen LogP) is 2.88. The Kier molecular flexibility index (Phi) is 6.77. The number of rotatable bonds is 7. The van der Waals surface area contributed by atoms with Crippen LogP contribution in [0.3, 0.4) is 0 Å². The molecular formula is C15H17F4NO4S. The Hall–Kier alpha value is -1.68. The number of amides is 1. The first-order valence-electron chi connectivity index (χ1n) is 7.39. The molecule has 1 amide bonds. The first kappa shape index (κ1) is 19.6. The minimum atomic E-state index is -3.18. The average Bonchev–Trinajstić information content (AvgIpc) is 2.54. The summed E-state index contributed by atoms with van der Waals surface area (Å²) in [6, 6.07) is 2.85. The molecule has 0 unspecified atom stereocenters. The molecule has 1 aromatic rings. The Morgan fingerprint density at radius 2 is 1.64 bits per heavy atom. The van der Waals surface area contributed by atoms with Crippen LogP contribution in [0.1, 0.15) is 23.2 Å². The van der Waals surface area contributed by atoms with Gasteiger partial charge in [0.15, 0.2) is 0 Å². The van der Waals surface area contributed by atoms with Crippen molar-refractivity contribution in [2.75, 3.05) is 18.1 Å². The number of nitrogens with one attached hydrogen (secondary N) is 1. The average molecular weight is 383 g/mol. The van der Waals surface area contributed by atoms with E-state index in [2.05, 4.69) is 14.8 Å². The molecule has 1 aliphatic heterocycles. The topological polar surface area (TPSA) is 67.8 Å². The summed E-state index contributed by atoms with van der Waals surface area (Å²) in [6.07, 6.45) is 1.07. The van der Waals surface area contributed by atoms with E-state index in [0.717, 1.165) is 29.7 Å². The van der Waals surface area contributed by atoms with E-state index < -0.39 is 36.2 Å². The largest absolute Gasteiger partial charge is 0.435 e. The highest BCUT2D eigenvalue weighted by Gasteiger charge is 2.33. The van der Waals surface area contributed by atoms with Crippen LogP contribution in [0, 0.1) is 0 Å². The Labute approximate surface area is 145 Å². The zero-order valence-corrected chi connectivity index (χ0v) is 13.8. The number of hydrogen-bond acceptors (Lipinski definition) is 5. The molecule has 25 heavy (non-hydrogen) atoms. The van der Waals surface area contributed by atoms with Gasteiger partial charge in [-0.25, -0.2) is 0 Å². The van der Waals surface area contributed by atoms with E-state index in [-0.39, 0.29) is 12.2 Å². The van der Waals surface area contributed by atoms with Gasteiger partial charge in [0.1, 0.15) is 11.5 Å². The van der Waals surface area contributed by atoms with Gasteiger partial charge in [-0.15, -0.1) is 0 Å². The second-order valence-electron chi connectivity index (χ2n) is 5.46. The number of thioether (sulfide) groups is 1. The molecule has 0 spiro atoms. The third-order valence-corrected chi connectivity index (χ3v) is 4.71. The summed E-state index contributed by atoms with van der Waals surface area (Å²) >= 11 is 1.68. The third-order valence-electron chi connectivity index (χ3n) is 3.72. The SMILES string of the molecule is O=C(NC1(CO)CCSCC1)c1cc(OC(F)F)cc(OC(F)F)c1. The van der Waals surface area contributed by atoms with Crippen molar-refractivity contribution in [3.63, 3.8) is 0 Å². The quantitative estimate of drug-likeness (QED) is 0.709. The van der Waals surface area contributed by atoms with Gasteiger partial charge in [0.25, 0.3) is 5.91 Å². The Balaban J connectivity index is 2.24. The fraction of sp³-hybridized carbons (Fsp3) is 0.533. The van der Waals surface area contributed by atoms with Crippen LogP contribution in [-0.4, -0.2) is 47.9 Å². The lowest BCUT2D eigenvalue weighted by molar-refractivity contribution is -0.0543. The van der Waals surface area contributed by atoms with Gasteiger partial charge in [-0.2, -0.15) is 29.3 Å². The molecule has 10 heteroatoms. The summed E-state index contributed by atoms with van der Waals surface area (Å²) in [5.74, 6) is -0.157. The van der Waals surface area contributed by atoms with Gasteiger partial charge in [0.2, 0.25) is 0 Å². The number of ether oxygens (including phenoxy) is 2. The molecule has 0 atom stereocenters. The lowest BCUT2D eigenvalue weighted by atomic mass is 9.92. The molecule has 1 heterocycles. The Morgan fingerprint density at radius 1 is 1.12 bits per heavy atom. The smallest absolute Gasteiger partial charge is 0.387 e. The Bertz CT molecular complexity index is 569. The molecular weight excluding hydrogens is 366 g/mol. The van der Waals surface area contributed by atoms with Crippen molar-refractivity contribution in [3.8, 4) is 11.5 Å². The van der Waals surface area contributed by atoms with Crippen molar-refractivity contribution in [2.24, 2.45) is 0 Å². The van der Waals surface area contributed by atoms with Crippen molar-refractivity contribution in [1.29, 1.82) is 0 Å². The molecule has 2 rings (SSSR count). The number of halogens is 4. The van der Waals surface area contributed by atoms with Crippen molar-refractivity contribution in [3.05, 3.63) is 23.8 Å². The number of alkyl halides is 4. The van der Waals surface area contributed by atoms with Crippen LogP contribution < -0.4 is 14.8 Å². The number of carbonyl (C=O) groups excluding carboxylic acids is 1. The van der Waals surface area contributed by atoms with Gasteiger partial charge < -0.3 is 19.9 Å². The van der Waals surface area contributed by atoms with Crippen molar-refractivity contribution < 1.29 is 36.9 Å². The molecule has 0 aromatic heterocycles. The molecule has 5 nitrogen and oxygen atoms in total. The number of aliphatic hydroxyl groups is 1. The van der Waals surface area contributed by atoms with E-state index in [1.807, 2.05) is 0 Å². The van der Waals surface area contributed by atoms with Crippen molar-refractivity contribution in [1.82, 2.24) is 5.32 Å². The lowest BCUT2D eigenvalue weighted by Crippen LogP contribution is -2.53. The van der Waals surface area contributed by atoms with Crippen LogP contribution in [0.5, 0.6) is 11.5 Å². The molecule has 1 aliphatic rings. The van der Waals surface area contributed by atoms with Gasteiger partial charge in [0.05, 0.1) is 12.1 Å². The summed E-state index contributed by atoms with van der Waals surface area (Å²) in [5.41, 5.74) is -1.01. The molecule has 0 bridgehead atoms. The molecule has 0 radical (unpaired) electrons. The van der Waals surface area contributed by atoms with Crippen LogP contribution in [-0.2, 0) is 0 Å². The van der Waals surface area contributed by atoms with E-state index in [1.54, 1.807) is 11.8 Å². The van der Waals surface area contributed by atoms with Gasteiger partial charge in [0, 0.05) is 11.6 Å². The fourth-order valence-corrected chi connectivity index (χ4v) is 3.72. The van der Waals surface area contributed by atoms with Crippen LogP contribution in [0.4, 0.5) is 17.6 Å². The Morgan fingerprint density at radius 3 is 2.08 bits per heavy atom. The van der Waals surface area contributed by atoms with Gasteiger partial charge in [-0.3, -0.25) is 4.79 Å². The van der Waals surface area contributed by atoms with E-state index in [4.69, 9.17) is 0 Å². The molecule has 0 saturated carbocycles. The molecule has 140 valence electrons. The monoisotopic (exact) mass is 383 g/mol. The molecule has 0 aliphatic carbocycles. The summed E-state index contributed by atoms with van der Waals surface area (Å²) in [5, 5.41) is 12.3. The molecule has 1 fully saturated rings. The van der Waals surface area contributed by atoms with E-state index in [1.165, 1.54) is 0 Å². The first-order valence-corrected chi connectivity index (χ1v) is 8.55. The highest BCUT2D eigenvalue weighted by atomic mass is 32.2. The van der Waals surface area contributed by atoms with Gasteiger partial charge in [-0.1, -0.05) is 0 Å². The number of benzene rings is 1. The highest BCUT2D eigenvalue weighted by Crippen LogP contribution is 2.29. The second kappa shape index (κ2) is 8.61. The maximum Gasteiger partial charge on any atom is 0.387 e. The summed E-state index contributed by atoms with van der Waals surface area (Å²) in [4.78, 5) is 12.4. The zero-order valence-electron chi connectivity index (χ0n) is 13.0. The first-order chi connectivity index (χ1) is 11.8. The van der Waals surface area contributed by atoms with E-state index >= 15 is 0 Å². The van der Waals surface area contributed by atoms with Gasteiger partial charge in [-0.05, 0) is 36.5 Å². The highest BCUT2D eigenvalue weighted by molar-refractivity contribution is 7.99. The normalized spacial score (nSPS) is 16.8. The van der Waals surface area contributed by atoms with Crippen molar-refractivity contribution >= 4 is 17.7 Å². The minimum Gasteiger partial charge on any atom is -0.435 e. The predicted molar refractivity (Wildman–Crippen MR) is 83.5 cm³/mol. The summed E-state index contributed by atoms with van der Waals surface area (Å²) < 4.78 is 57.9. The fourth-order valence-electron chi connectivity index (χ4n) is 2.44. The summed E-state index contributed by atoms with van der Waals surface area (Å²) in [6.45, 7) is -6.65. The molecule has 2 N–H and O–H groups in total. The van der Waals surface area contributed by atoms with Crippen molar-refractivity contribution in [2.45, 2.75) is 31.6 Å². The minimum absolute atomic E-state index is 0.181. The number of hydrogen-bond donors (Lipinski definition) is 2. The van der Waals surface area contributed by atoms with Gasteiger partial charge >= 0.3 is 13.2 Å². The van der Waals surface area contributed by atoms with Crippen LogP contribution >= 0.6 is 11.8 Å².